The smallest absolute Gasteiger partial charge is 0.191 e. The number of hydrogen-bond acceptors (Lipinski definition) is 2. The third-order valence-corrected chi connectivity index (χ3v) is 4.93. The second kappa shape index (κ2) is 10.2. The van der Waals surface area contributed by atoms with E-state index in [1.54, 1.807) is 7.05 Å². The number of guanidine groups is 1. The van der Waals surface area contributed by atoms with Crippen LogP contribution in [0.1, 0.15) is 39.8 Å². The van der Waals surface area contributed by atoms with Crippen LogP contribution in [0.3, 0.4) is 0 Å². The molecule has 0 radical (unpaired) electrons. The highest BCUT2D eigenvalue weighted by molar-refractivity contribution is 6.41. The van der Waals surface area contributed by atoms with E-state index in [9.17, 15) is 0 Å². The Hall–Kier alpha value is -0.910. The first-order valence-corrected chi connectivity index (χ1v) is 9.23. The van der Waals surface area contributed by atoms with Crippen molar-refractivity contribution in [3.8, 4) is 0 Å². The number of rotatable bonds is 8. The molecule has 0 aliphatic heterocycles. The van der Waals surface area contributed by atoms with Crippen LogP contribution in [-0.2, 0) is 13.6 Å². The molecule has 2 N–H and O–H groups in total. The highest BCUT2D eigenvalue weighted by atomic mass is 35.5. The Morgan fingerprint density at radius 3 is 2.29 bits per heavy atom. The molecule has 0 saturated heterocycles. The molecule has 0 bridgehead atoms. The Labute approximate surface area is 156 Å². The zero-order valence-electron chi connectivity index (χ0n) is 15.7. The molecule has 0 spiro atoms. The number of halogens is 2. The summed E-state index contributed by atoms with van der Waals surface area (Å²) in [6.45, 7) is 11.5. The molecule has 0 atom stereocenters. The van der Waals surface area contributed by atoms with Gasteiger partial charge in [-0.1, -0.05) is 23.2 Å². The van der Waals surface area contributed by atoms with Crippen molar-refractivity contribution in [3.05, 3.63) is 21.9 Å². The van der Waals surface area contributed by atoms with Gasteiger partial charge in [-0.15, -0.1) is 0 Å². The molecular weight excluding hydrogens is 345 g/mol. The van der Waals surface area contributed by atoms with Gasteiger partial charge in [-0.2, -0.15) is 0 Å². The number of aliphatic imine (C=N–C) groups is 1. The van der Waals surface area contributed by atoms with Crippen LogP contribution >= 0.6 is 23.2 Å². The topological polar surface area (TPSA) is 44.6 Å². The SMILES string of the molecule is CN=C(NCCCN(C(C)C)C(C)C)NCc1cc(Cl)c(Cl)n1C. The second-order valence-electron chi connectivity index (χ2n) is 6.46. The molecular formula is C17H31Cl2N5. The van der Waals surface area contributed by atoms with Crippen molar-refractivity contribution in [1.29, 1.82) is 0 Å². The Bertz CT molecular complexity index is 529. The van der Waals surface area contributed by atoms with Gasteiger partial charge >= 0.3 is 0 Å². The average molecular weight is 376 g/mol. The van der Waals surface area contributed by atoms with Crippen LogP contribution in [0.15, 0.2) is 11.1 Å². The van der Waals surface area contributed by atoms with Crippen LogP contribution in [0, 0.1) is 0 Å². The fourth-order valence-electron chi connectivity index (χ4n) is 2.73. The van der Waals surface area contributed by atoms with Crippen molar-refractivity contribution in [1.82, 2.24) is 20.1 Å². The van der Waals surface area contributed by atoms with Crippen LogP contribution in [0.25, 0.3) is 0 Å². The van der Waals surface area contributed by atoms with Crippen LogP contribution < -0.4 is 10.6 Å². The van der Waals surface area contributed by atoms with E-state index in [0.29, 0.717) is 28.8 Å². The van der Waals surface area contributed by atoms with Crippen molar-refractivity contribution in [3.63, 3.8) is 0 Å². The highest BCUT2D eigenvalue weighted by Gasteiger charge is 2.12. The van der Waals surface area contributed by atoms with E-state index in [2.05, 4.69) is 48.2 Å². The third kappa shape index (κ3) is 6.19. The summed E-state index contributed by atoms with van der Waals surface area (Å²) >= 11 is 12.1. The Kier molecular flexibility index (Phi) is 8.95. The third-order valence-electron chi connectivity index (χ3n) is 4.09. The molecule has 1 aromatic rings. The first-order chi connectivity index (χ1) is 11.3. The van der Waals surface area contributed by atoms with Gasteiger partial charge in [0, 0.05) is 45.0 Å². The molecule has 0 aliphatic carbocycles. The molecule has 0 unspecified atom stereocenters. The van der Waals surface area contributed by atoms with E-state index in [1.165, 1.54) is 0 Å². The van der Waals surface area contributed by atoms with Crippen molar-refractivity contribution in [2.45, 2.75) is 52.7 Å². The van der Waals surface area contributed by atoms with Crippen molar-refractivity contribution < 1.29 is 0 Å². The maximum absolute atomic E-state index is 6.08. The van der Waals surface area contributed by atoms with Crippen molar-refractivity contribution >= 4 is 29.2 Å². The summed E-state index contributed by atoms with van der Waals surface area (Å²) in [7, 11) is 3.67. The van der Waals surface area contributed by atoms with E-state index in [4.69, 9.17) is 23.2 Å². The minimum absolute atomic E-state index is 0.555. The number of hydrogen-bond donors (Lipinski definition) is 2. The van der Waals surface area contributed by atoms with E-state index in [-0.39, 0.29) is 0 Å². The van der Waals surface area contributed by atoms with Gasteiger partial charge in [0.1, 0.15) is 5.15 Å². The van der Waals surface area contributed by atoms with Crippen LogP contribution in [-0.4, -0.2) is 47.6 Å². The molecule has 1 heterocycles. The summed E-state index contributed by atoms with van der Waals surface area (Å²) in [5, 5.41) is 7.76. The van der Waals surface area contributed by atoms with Gasteiger partial charge in [-0.3, -0.25) is 9.89 Å². The lowest BCUT2D eigenvalue weighted by atomic mass is 10.2. The summed E-state index contributed by atoms with van der Waals surface area (Å²) in [5.41, 5.74) is 1.01. The molecule has 1 rings (SSSR count). The van der Waals surface area contributed by atoms with Crippen LogP contribution in [0.5, 0.6) is 0 Å². The summed E-state index contributed by atoms with van der Waals surface area (Å²) in [6, 6.07) is 3.00. The van der Waals surface area contributed by atoms with Gasteiger partial charge in [-0.05, 0) is 40.2 Å². The number of nitrogens with zero attached hydrogens (tertiary/aromatic N) is 3. The fourth-order valence-corrected chi connectivity index (χ4v) is 3.15. The van der Waals surface area contributed by atoms with E-state index in [1.807, 2.05) is 17.7 Å². The molecule has 0 fully saturated rings. The summed E-state index contributed by atoms with van der Waals surface area (Å²) in [5.74, 6) is 0.782. The Morgan fingerprint density at radius 2 is 1.83 bits per heavy atom. The van der Waals surface area contributed by atoms with Gasteiger partial charge in [0.15, 0.2) is 5.96 Å². The van der Waals surface area contributed by atoms with Gasteiger partial charge in [-0.25, -0.2) is 0 Å². The molecule has 0 aliphatic rings. The second-order valence-corrected chi connectivity index (χ2v) is 7.23. The largest absolute Gasteiger partial charge is 0.356 e. The zero-order chi connectivity index (χ0) is 18.3. The van der Waals surface area contributed by atoms with Crippen LogP contribution in [0.2, 0.25) is 10.2 Å². The summed E-state index contributed by atoms with van der Waals surface area (Å²) < 4.78 is 1.87. The number of nitrogens with one attached hydrogen (secondary N) is 2. The standard InChI is InChI=1S/C17H31Cl2N5/c1-12(2)24(13(3)4)9-7-8-21-17(20-5)22-11-14-10-15(18)16(19)23(14)6/h10,12-13H,7-9,11H2,1-6H3,(H2,20,21,22). The Balaban J connectivity index is 2.39. The molecule has 1 aromatic heterocycles. The van der Waals surface area contributed by atoms with Gasteiger partial charge in [0.2, 0.25) is 0 Å². The van der Waals surface area contributed by atoms with Crippen molar-refractivity contribution in [2.75, 3.05) is 20.1 Å². The monoisotopic (exact) mass is 375 g/mol. The summed E-state index contributed by atoms with van der Waals surface area (Å²) in [4.78, 5) is 6.75. The van der Waals surface area contributed by atoms with Crippen molar-refractivity contribution in [2.24, 2.45) is 12.0 Å². The molecule has 24 heavy (non-hydrogen) atoms. The Morgan fingerprint density at radius 1 is 1.21 bits per heavy atom. The lowest BCUT2D eigenvalue weighted by Gasteiger charge is -2.30. The molecule has 0 amide bonds. The lowest BCUT2D eigenvalue weighted by molar-refractivity contribution is 0.173. The van der Waals surface area contributed by atoms with Gasteiger partial charge in [0.25, 0.3) is 0 Å². The van der Waals surface area contributed by atoms with Gasteiger partial charge < -0.3 is 15.2 Å². The maximum atomic E-state index is 6.08. The normalized spacial score (nSPS) is 12.5. The van der Waals surface area contributed by atoms with E-state index < -0.39 is 0 Å². The minimum atomic E-state index is 0.555. The molecule has 5 nitrogen and oxygen atoms in total. The maximum Gasteiger partial charge on any atom is 0.191 e. The molecule has 0 aromatic carbocycles. The fraction of sp³-hybridized carbons (Fsp3) is 0.706. The predicted octanol–water partition coefficient (Wildman–Crippen LogP) is 3.51. The average Bonchev–Trinajstić information content (AvgIpc) is 2.76. The molecule has 7 heteroatoms. The van der Waals surface area contributed by atoms with E-state index >= 15 is 0 Å². The first kappa shape index (κ1) is 21.1. The quantitative estimate of drug-likeness (QED) is 0.415. The van der Waals surface area contributed by atoms with Crippen LogP contribution in [0.4, 0.5) is 0 Å². The number of aromatic nitrogens is 1. The minimum Gasteiger partial charge on any atom is -0.356 e. The predicted molar refractivity (Wildman–Crippen MR) is 105 cm³/mol. The van der Waals surface area contributed by atoms with E-state index in [0.717, 1.165) is 31.2 Å². The lowest BCUT2D eigenvalue weighted by Crippen LogP contribution is -2.41. The molecule has 0 saturated carbocycles. The first-order valence-electron chi connectivity index (χ1n) is 8.47. The summed E-state index contributed by atoms with van der Waals surface area (Å²) in [6.07, 6.45) is 1.07. The zero-order valence-corrected chi connectivity index (χ0v) is 17.2. The molecule has 138 valence electrons. The highest BCUT2D eigenvalue weighted by Crippen LogP contribution is 2.24. The van der Waals surface area contributed by atoms with Gasteiger partial charge in [0.05, 0.1) is 11.6 Å².